The summed E-state index contributed by atoms with van der Waals surface area (Å²) in [6.45, 7) is 8.96. The van der Waals surface area contributed by atoms with E-state index in [4.69, 9.17) is 5.10 Å². The Bertz CT molecular complexity index is 1550. The fourth-order valence-electron chi connectivity index (χ4n) is 5.11. The van der Waals surface area contributed by atoms with Gasteiger partial charge >= 0.3 is 0 Å². The number of piperidine rings is 1. The van der Waals surface area contributed by atoms with Crippen LogP contribution in [0.2, 0.25) is 0 Å². The molecule has 0 aliphatic carbocycles. The van der Waals surface area contributed by atoms with Gasteiger partial charge in [-0.15, -0.1) is 0 Å². The van der Waals surface area contributed by atoms with E-state index in [0.717, 1.165) is 55.2 Å². The molecule has 0 saturated carbocycles. The van der Waals surface area contributed by atoms with Crippen molar-refractivity contribution in [1.82, 2.24) is 19.0 Å². The molecule has 0 bridgehead atoms. The summed E-state index contributed by atoms with van der Waals surface area (Å²) in [7, 11) is -3.67. The molecule has 5 rings (SSSR count). The number of benzene rings is 2. The number of rotatable bonds is 9. The highest BCUT2D eigenvalue weighted by Crippen LogP contribution is 2.35. The number of thioether (sulfide) groups is 1. The van der Waals surface area contributed by atoms with Gasteiger partial charge < -0.3 is 4.90 Å². The number of sulfonamides is 1. The summed E-state index contributed by atoms with van der Waals surface area (Å²) in [5.74, 6) is 0.430. The lowest BCUT2D eigenvalue weighted by Crippen LogP contribution is -2.35. The van der Waals surface area contributed by atoms with Crippen molar-refractivity contribution in [3.63, 3.8) is 0 Å². The fraction of sp³-hybridized carbons (Fsp3) is 0.387. The predicted molar refractivity (Wildman–Crippen MR) is 166 cm³/mol. The molecule has 10 heteroatoms. The second-order valence-electron chi connectivity index (χ2n) is 10.6. The highest BCUT2D eigenvalue weighted by atomic mass is 32.2. The summed E-state index contributed by atoms with van der Waals surface area (Å²) < 4.78 is 30.4. The molecule has 1 amide bonds. The van der Waals surface area contributed by atoms with E-state index in [-0.39, 0.29) is 10.8 Å². The summed E-state index contributed by atoms with van der Waals surface area (Å²) in [4.78, 5) is 20.3. The lowest BCUT2D eigenvalue weighted by molar-refractivity contribution is -0.113. The van der Waals surface area contributed by atoms with Gasteiger partial charge in [0.05, 0.1) is 15.5 Å². The highest BCUT2D eigenvalue weighted by molar-refractivity contribution is 8.18. The minimum atomic E-state index is -3.67. The second-order valence-corrected chi connectivity index (χ2v) is 13.6. The molecule has 0 radical (unpaired) electrons. The zero-order valence-electron chi connectivity index (χ0n) is 23.9. The van der Waals surface area contributed by atoms with Crippen LogP contribution < -0.4 is 0 Å². The number of para-hydroxylation sites is 1. The molecule has 2 aliphatic heterocycles. The number of hydrogen-bond acceptors (Lipinski definition) is 6. The quantitative estimate of drug-likeness (QED) is 0.282. The minimum absolute atomic E-state index is 0.237. The lowest BCUT2D eigenvalue weighted by Gasteiger charge is -2.30. The summed E-state index contributed by atoms with van der Waals surface area (Å²) in [6.07, 6.45) is 7.38. The molecule has 2 aromatic carbocycles. The fourth-order valence-corrected chi connectivity index (χ4v) is 7.73. The van der Waals surface area contributed by atoms with E-state index < -0.39 is 10.0 Å². The van der Waals surface area contributed by atoms with Gasteiger partial charge in [-0.05, 0) is 73.7 Å². The van der Waals surface area contributed by atoms with Gasteiger partial charge in [0, 0.05) is 43.5 Å². The number of likely N-dealkylation sites (tertiary alicyclic amines) is 1. The zero-order valence-corrected chi connectivity index (χ0v) is 25.5. The van der Waals surface area contributed by atoms with Gasteiger partial charge in [-0.2, -0.15) is 14.4 Å². The summed E-state index contributed by atoms with van der Waals surface area (Å²) in [5.41, 5.74) is 2.86. The number of aromatic nitrogens is 2. The molecule has 1 fully saturated rings. The number of aliphatic imine (C=N–C) groups is 1. The third-order valence-electron chi connectivity index (χ3n) is 7.40. The molecule has 8 nitrogen and oxygen atoms in total. The van der Waals surface area contributed by atoms with Gasteiger partial charge in [0.15, 0.2) is 5.17 Å². The Hall–Kier alpha value is -3.21. The molecule has 3 heterocycles. The van der Waals surface area contributed by atoms with E-state index in [1.165, 1.54) is 11.8 Å². The maximum absolute atomic E-state index is 13.6. The molecular weight excluding hydrogens is 555 g/mol. The van der Waals surface area contributed by atoms with Gasteiger partial charge in [0.1, 0.15) is 5.69 Å². The van der Waals surface area contributed by atoms with Crippen molar-refractivity contribution < 1.29 is 13.2 Å². The maximum atomic E-state index is 13.6. The molecule has 1 aromatic heterocycles. The van der Waals surface area contributed by atoms with Crippen LogP contribution in [-0.2, 0) is 14.8 Å². The van der Waals surface area contributed by atoms with Crippen LogP contribution >= 0.6 is 11.8 Å². The van der Waals surface area contributed by atoms with Crippen LogP contribution in [0.5, 0.6) is 0 Å². The van der Waals surface area contributed by atoms with Crippen LogP contribution in [0.4, 0.5) is 0 Å². The molecule has 0 N–H and O–H groups in total. The number of amides is 1. The van der Waals surface area contributed by atoms with Crippen LogP contribution in [0.3, 0.4) is 0 Å². The van der Waals surface area contributed by atoms with Crippen molar-refractivity contribution in [1.29, 1.82) is 0 Å². The summed E-state index contributed by atoms with van der Waals surface area (Å²) >= 11 is 1.40. The highest BCUT2D eigenvalue weighted by Gasteiger charge is 2.29. The van der Waals surface area contributed by atoms with Crippen molar-refractivity contribution in [2.24, 2.45) is 10.9 Å². The minimum Gasteiger partial charge on any atom is -0.351 e. The maximum Gasteiger partial charge on any atom is 0.286 e. The molecule has 0 atom stereocenters. The Labute approximate surface area is 247 Å². The van der Waals surface area contributed by atoms with Gasteiger partial charge in [0.2, 0.25) is 10.0 Å². The predicted octanol–water partition coefficient (Wildman–Crippen LogP) is 6.05. The Balaban J connectivity index is 1.52. The number of carbonyl (C=O) groups excluding carboxylic acids is 1. The van der Waals surface area contributed by atoms with E-state index in [1.54, 1.807) is 27.2 Å². The van der Waals surface area contributed by atoms with Crippen LogP contribution in [0.1, 0.15) is 52.0 Å². The van der Waals surface area contributed by atoms with Crippen molar-refractivity contribution in [3.8, 4) is 16.9 Å². The first-order valence-electron chi connectivity index (χ1n) is 14.3. The Kier molecular flexibility index (Phi) is 9.11. The van der Waals surface area contributed by atoms with Crippen molar-refractivity contribution in [2.45, 2.75) is 51.3 Å². The van der Waals surface area contributed by atoms with Gasteiger partial charge in [0.25, 0.3) is 5.91 Å². The Morgan fingerprint density at radius 3 is 2.41 bits per heavy atom. The summed E-state index contributed by atoms with van der Waals surface area (Å²) in [5, 5.41) is 5.63. The largest absolute Gasteiger partial charge is 0.351 e. The van der Waals surface area contributed by atoms with E-state index in [2.05, 4.69) is 16.8 Å². The molecule has 0 unspecified atom stereocenters. The third kappa shape index (κ3) is 6.50. The van der Waals surface area contributed by atoms with Gasteiger partial charge in [-0.25, -0.2) is 13.1 Å². The first-order valence-corrected chi connectivity index (χ1v) is 16.6. The average Bonchev–Trinajstić information content (AvgIpc) is 3.57. The first kappa shape index (κ1) is 29.3. The van der Waals surface area contributed by atoms with Gasteiger partial charge in [-0.3, -0.25) is 4.79 Å². The van der Waals surface area contributed by atoms with Crippen molar-refractivity contribution in [3.05, 3.63) is 71.3 Å². The normalized spacial score (nSPS) is 17.6. The molecule has 216 valence electrons. The van der Waals surface area contributed by atoms with Crippen molar-refractivity contribution in [2.75, 3.05) is 26.2 Å². The number of hydrogen-bond donors (Lipinski definition) is 0. The van der Waals surface area contributed by atoms with E-state index >= 15 is 0 Å². The molecule has 1 saturated heterocycles. The zero-order chi connectivity index (χ0) is 29.0. The molecular formula is C31H37N5O3S2. The molecule has 0 spiro atoms. The summed E-state index contributed by atoms with van der Waals surface area (Å²) in [6, 6.07) is 16.7. The first-order chi connectivity index (χ1) is 19.8. The Morgan fingerprint density at radius 2 is 1.73 bits per heavy atom. The lowest BCUT2D eigenvalue weighted by atomic mass is 10.00. The molecule has 2 aliphatic rings. The molecule has 3 aromatic rings. The SMILES string of the molecule is CCCN(CCC)S(=O)(=O)c1cccc(-c2nn(-c3ccccc3)cc2C=C2SC(N3CCC(C)CC3)=NC2=O)c1. The second kappa shape index (κ2) is 12.8. The van der Waals surface area contributed by atoms with Gasteiger partial charge in [-0.1, -0.05) is 51.1 Å². The Morgan fingerprint density at radius 1 is 1.02 bits per heavy atom. The van der Waals surface area contributed by atoms with E-state index in [0.29, 0.717) is 35.2 Å². The van der Waals surface area contributed by atoms with Crippen molar-refractivity contribution >= 4 is 38.9 Å². The average molecular weight is 592 g/mol. The number of carbonyl (C=O) groups is 1. The monoisotopic (exact) mass is 591 g/mol. The number of nitrogens with zero attached hydrogens (tertiary/aromatic N) is 5. The number of amidine groups is 1. The third-order valence-corrected chi connectivity index (χ3v) is 10.3. The molecule has 41 heavy (non-hydrogen) atoms. The van der Waals surface area contributed by atoms with E-state index in [1.807, 2.05) is 62.5 Å². The van der Waals surface area contributed by atoms with Crippen LogP contribution in [0.15, 0.2) is 75.6 Å². The van der Waals surface area contributed by atoms with Crippen LogP contribution in [0, 0.1) is 5.92 Å². The van der Waals surface area contributed by atoms with Crippen LogP contribution in [-0.4, -0.2) is 64.7 Å². The topological polar surface area (TPSA) is 87.9 Å². The van der Waals surface area contributed by atoms with E-state index in [9.17, 15) is 13.2 Å². The standard InChI is InChI=1S/C31H37N5O3S2/c1-4-16-35(17-5-2)41(38,39)27-13-9-10-24(20-27)29-25(22-36(33-29)26-11-7-6-8-12-26)21-28-30(37)32-31(40-28)34-18-14-23(3)15-19-34/h6-13,20-23H,4-5,14-19H2,1-3H3. The smallest absolute Gasteiger partial charge is 0.286 e. The van der Waals surface area contributed by atoms with Crippen LogP contribution in [0.25, 0.3) is 23.0 Å².